The van der Waals surface area contributed by atoms with Crippen LogP contribution < -0.4 is 0 Å². The Bertz CT molecular complexity index is 1080. The summed E-state index contributed by atoms with van der Waals surface area (Å²) in [5.74, 6) is -1.03. The normalized spacial score (nSPS) is 30.0. The number of cyclic esters (lactones) is 2. The van der Waals surface area contributed by atoms with Crippen molar-refractivity contribution in [2.45, 2.75) is 33.1 Å². The molecule has 0 unspecified atom stereocenters. The summed E-state index contributed by atoms with van der Waals surface area (Å²) in [5.41, 5.74) is 4.90. The van der Waals surface area contributed by atoms with E-state index in [9.17, 15) is 9.59 Å². The number of esters is 2. The first-order chi connectivity index (χ1) is 13.0. The Hall–Kier alpha value is -2.24. The van der Waals surface area contributed by atoms with Gasteiger partial charge in [0.2, 0.25) is 0 Å². The smallest absolute Gasteiger partial charge is 0.347 e. The van der Waals surface area contributed by atoms with Crippen LogP contribution >= 0.6 is 23.5 Å². The number of carbonyl (C=O) groups is 2. The fourth-order valence-electron chi connectivity index (χ4n) is 4.84. The number of ether oxygens (including phenoxy) is 1. The quantitative estimate of drug-likeness (QED) is 0.481. The van der Waals surface area contributed by atoms with Gasteiger partial charge in [-0.3, -0.25) is 0 Å². The third-order valence-corrected chi connectivity index (χ3v) is 9.47. The highest BCUT2D eigenvalue weighted by Gasteiger charge is 2.64. The number of benzene rings is 2. The Morgan fingerprint density at radius 2 is 1.11 bits per heavy atom. The maximum Gasteiger partial charge on any atom is 0.347 e. The van der Waals surface area contributed by atoms with Gasteiger partial charge in [0.1, 0.15) is 0 Å². The van der Waals surface area contributed by atoms with Crippen LogP contribution in [0.25, 0.3) is 11.1 Å². The van der Waals surface area contributed by atoms with Crippen molar-refractivity contribution in [3.8, 4) is 0 Å². The predicted octanol–water partition coefficient (Wildman–Crippen LogP) is 4.72. The van der Waals surface area contributed by atoms with Gasteiger partial charge in [-0.05, 0) is 48.3 Å². The van der Waals surface area contributed by atoms with Crippen LogP contribution in [-0.2, 0) is 14.3 Å². The molecule has 3 aliphatic heterocycles. The molecule has 0 saturated carbocycles. The molecule has 3 heterocycles. The highest BCUT2D eigenvalue weighted by atomic mass is 32.2. The molecule has 0 bridgehead atoms. The van der Waals surface area contributed by atoms with E-state index in [1.165, 1.54) is 0 Å². The minimum Gasteiger partial charge on any atom is -0.386 e. The van der Waals surface area contributed by atoms with Gasteiger partial charge in [0, 0.05) is 9.79 Å². The Morgan fingerprint density at radius 1 is 0.704 bits per heavy atom. The van der Waals surface area contributed by atoms with Gasteiger partial charge in [-0.25, -0.2) is 9.59 Å². The molecule has 2 aromatic carbocycles. The first-order valence-corrected chi connectivity index (χ1v) is 10.4. The number of hydrogen-bond donors (Lipinski definition) is 0. The average Bonchev–Trinajstić information content (AvgIpc) is 3.22. The van der Waals surface area contributed by atoms with E-state index in [0.717, 1.165) is 32.1 Å². The lowest BCUT2D eigenvalue weighted by atomic mass is 9.69. The Kier molecular flexibility index (Phi) is 2.79. The van der Waals surface area contributed by atoms with Crippen molar-refractivity contribution < 1.29 is 14.3 Å². The molecule has 1 fully saturated rings. The lowest BCUT2D eigenvalue weighted by molar-refractivity contribution is -0.149. The minimum absolute atomic E-state index is 0.377. The molecule has 0 aromatic heterocycles. The lowest BCUT2D eigenvalue weighted by Crippen LogP contribution is -2.46. The van der Waals surface area contributed by atoms with Crippen molar-refractivity contribution >= 4 is 46.6 Å². The SMILES string of the molecule is C[C@]12Sc3ccccc3C1=C1C(=O)OC(=O)C1=C1c3ccccc3S[C@]12C. The summed E-state index contributed by atoms with van der Waals surface area (Å²) in [5, 5.41) is 0. The summed E-state index contributed by atoms with van der Waals surface area (Å²) in [6, 6.07) is 16.3. The molecule has 4 aliphatic rings. The van der Waals surface area contributed by atoms with Crippen LogP contribution in [0.4, 0.5) is 0 Å². The summed E-state index contributed by atoms with van der Waals surface area (Å²) >= 11 is 3.58. The first-order valence-electron chi connectivity index (χ1n) is 8.79. The zero-order valence-electron chi connectivity index (χ0n) is 14.7. The van der Waals surface area contributed by atoms with Crippen LogP contribution in [0.3, 0.4) is 0 Å². The molecule has 2 atom stereocenters. The number of hydrogen-bond acceptors (Lipinski definition) is 5. The number of carbonyl (C=O) groups excluding carboxylic acids is 2. The second kappa shape index (κ2) is 4.78. The highest BCUT2D eigenvalue weighted by molar-refractivity contribution is 8.06. The average molecular weight is 390 g/mol. The molecule has 5 heteroatoms. The molecule has 1 aliphatic carbocycles. The van der Waals surface area contributed by atoms with Gasteiger partial charge in [0.25, 0.3) is 0 Å². The molecule has 132 valence electrons. The molecule has 2 aromatic rings. The Balaban J connectivity index is 1.80. The second-order valence-electron chi connectivity index (χ2n) is 7.44. The number of fused-ring (bicyclic) bond motifs is 8. The molecular formula is C22H14O3S2. The van der Waals surface area contributed by atoms with E-state index in [1.807, 2.05) is 36.4 Å². The van der Waals surface area contributed by atoms with Crippen molar-refractivity contribution in [2.24, 2.45) is 0 Å². The largest absolute Gasteiger partial charge is 0.386 e. The van der Waals surface area contributed by atoms with E-state index in [0.29, 0.717) is 11.1 Å². The molecule has 0 spiro atoms. The van der Waals surface area contributed by atoms with E-state index in [-0.39, 0.29) is 9.49 Å². The minimum atomic E-state index is -0.516. The van der Waals surface area contributed by atoms with Gasteiger partial charge in [-0.15, -0.1) is 23.5 Å². The zero-order chi connectivity index (χ0) is 18.6. The lowest BCUT2D eigenvalue weighted by Gasteiger charge is -2.45. The van der Waals surface area contributed by atoms with Gasteiger partial charge < -0.3 is 4.74 Å². The molecular weight excluding hydrogens is 376 g/mol. The van der Waals surface area contributed by atoms with E-state index in [2.05, 4.69) is 26.0 Å². The molecule has 3 nitrogen and oxygen atoms in total. The van der Waals surface area contributed by atoms with Gasteiger partial charge in [-0.2, -0.15) is 0 Å². The van der Waals surface area contributed by atoms with Crippen LogP contribution in [0.2, 0.25) is 0 Å². The second-order valence-corrected chi connectivity index (χ2v) is 10.4. The van der Waals surface area contributed by atoms with Gasteiger partial charge in [-0.1, -0.05) is 36.4 Å². The standard InChI is InChI=1S/C22H14O3S2/c1-21-17(11-7-3-5-9-13(11)26-21)15-16(20(24)25-19(15)23)18-12-8-4-6-10-14(12)27-22(18,21)2/h3-10H,1-2H3/t21-,22+. The molecule has 0 amide bonds. The van der Waals surface area contributed by atoms with E-state index in [1.54, 1.807) is 23.5 Å². The third-order valence-electron chi connectivity index (χ3n) is 6.15. The number of rotatable bonds is 0. The molecule has 27 heavy (non-hydrogen) atoms. The van der Waals surface area contributed by atoms with Crippen LogP contribution in [0.5, 0.6) is 0 Å². The summed E-state index contributed by atoms with van der Waals surface area (Å²) in [7, 11) is 0. The van der Waals surface area contributed by atoms with Crippen molar-refractivity contribution in [2.75, 3.05) is 0 Å². The van der Waals surface area contributed by atoms with Gasteiger partial charge in [0.15, 0.2) is 0 Å². The van der Waals surface area contributed by atoms with Crippen molar-refractivity contribution in [3.63, 3.8) is 0 Å². The monoisotopic (exact) mass is 390 g/mol. The molecule has 1 saturated heterocycles. The topological polar surface area (TPSA) is 43.4 Å². The van der Waals surface area contributed by atoms with Gasteiger partial charge >= 0.3 is 11.9 Å². The maximum absolute atomic E-state index is 12.8. The first kappa shape index (κ1) is 15.8. The molecule has 0 N–H and O–H groups in total. The fraction of sp³-hybridized carbons (Fsp3) is 0.182. The zero-order valence-corrected chi connectivity index (χ0v) is 16.3. The van der Waals surface area contributed by atoms with E-state index < -0.39 is 11.9 Å². The summed E-state index contributed by atoms with van der Waals surface area (Å²) < 4.78 is 4.38. The van der Waals surface area contributed by atoms with E-state index >= 15 is 0 Å². The van der Waals surface area contributed by atoms with Crippen LogP contribution in [0.15, 0.2) is 69.5 Å². The highest BCUT2D eigenvalue weighted by Crippen LogP contribution is 2.72. The summed E-state index contributed by atoms with van der Waals surface area (Å²) in [6.07, 6.45) is 0. The van der Waals surface area contributed by atoms with Crippen LogP contribution in [0, 0.1) is 0 Å². The van der Waals surface area contributed by atoms with Crippen molar-refractivity contribution in [3.05, 3.63) is 70.8 Å². The molecule has 6 rings (SSSR count). The fourth-order valence-corrected chi connectivity index (χ4v) is 8.05. The summed E-state index contributed by atoms with van der Waals surface area (Å²) in [6.45, 7) is 4.40. The number of thioether (sulfide) groups is 2. The maximum atomic E-state index is 12.8. The third kappa shape index (κ3) is 1.64. The molecule has 0 radical (unpaired) electrons. The van der Waals surface area contributed by atoms with Crippen LogP contribution in [-0.4, -0.2) is 21.4 Å². The van der Waals surface area contributed by atoms with Crippen molar-refractivity contribution in [1.82, 2.24) is 0 Å². The van der Waals surface area contributed by atoms with Gasteiger partial charge in [0.05, 0.1) is 20.6 Å². The summed E-state index contributed by atoms with van der Waals surface area (Å²) in [4.78, 5) is 27.8. The van der Waals surface area contributed by atoms with Crippen LogP contribution in [0.1, 0.15) is 25.0 Å². The Morgan fingerprint density at radius 3 is 1.56 bits per heavy atom. The Labute approximate surface area is 164 Å². The van der Waals surface area contributed by atoms with Crippen molar-refractivity contribution in [1.29, 1.82) is 0 Å². The predicted molar refractivity (Wildman–Crippen MR) is 106 cm³/mol. The van der Waals surface area contributed by atoms with E-state index in [4.69, 9.17) is 4.74 Å².